The molecule has 0 saturated carbocycles. The summed E-state index contributed by atoms with van der Waals surface area (Å²) in [5.74, 6) is 0.254. The normalized spacial score (nSPS) is 17.8. The highest BCUT2D eigenvalue weighted by Gasteiger charge is 2.26. The molecule has 0 spiro atoms. The zero-order valence-corrected chi connectivity index (χ0v) is 17.1. The Morgan fingerprint density at radius 2 is 2.00 bits per heavy atom. The number of rotatable bonds is 8. The van der Waals surface area contributed by atoms with Gasteiger partial charge >= 0.3 is 0 Å². The van der Waals surface area contributed by atoms with Gasteiger partial charge in [0.1, 0.15) is 10.6 Å². The number of hydrogen-bond acceptors (Lipinski definition) is 6. The molecule has 1 aliphatic heterocycles. The van der Waals surface area contributed by atoms with Crippen LogP contribution in [0.25, 0.3) is 0 Å². The summed E-state index contributed by atoms with van der Waals surface area (Å²) >= 11 is 0. The molecule has 0 bridgehead atoms. The highest BCUT2D eigenvalue weighted by Crippen LogP contribution is 2.28. The van der Waals surface area contributed by atoms with Gasteiger partial charge in [-0.25, -0.2) is 13.1 Å². The van der Waals surface area contributed by atoms with E-state index in [4.69, 9.17) is 4.74 Å². The van der Waals surface area contributed by atoms with Crippen molar-refractivity contribution in [2.45, 2.75) is 24.3 Å². The molecule has 1 aliphatic rings. The van der Waals surface area contributed by atoms with Crippen LogP contribution in [0.4, 0.5) is 5.69 Å². The van der Waals surface area contributed by atoms with Crippen LogP contribution in [-0.2, 0) is 16.6 Å². The lowest BCUT2D eigenvalue weighted by Gasteiger charge is -2.32. The second-order valence-corrected chi connectivity index (χ2v) is 8.91. The number of sulfonamides is 1. The predicted molar refractivity (Wildman–Crippen MR) is 109 cm³/mol. The van der Waals surface area contributed by atoms with Crippen molar-refractivity contribution in [2.75, 3.05) is 26.7 Å². The second kappa shape index (κ2) is 9.34. The summed E-state index contributed by atoms with van der Waals surface area (Å²) in [6.07, 6.45) is 1.93. The standard InChI is InChI=1S/C20H25N3O5S/c1-28-19-10-9-18(23(24)25)12-20(19)29(26,27)21-13-17-8-5-11-22(15-17)14-16-6-3-2-4-7-16/h2-4,6-7,9-10,12,17,21H,5,8,11,13-15H2,1H3. The van der Waals surface area contributed by atoms with Crippen LogP contribution < -0.4 is 9.46 Å². The molecule has 1 N–H and O–H groups in total. The number of benzene rings is 2. The largest absolute Gasteiger partial charge is 0.495 e. The third kappa shape index (κ3) is 5.53. The van der Waals surface area contributed by atoms with Crippen LogP contribution in [0.15, 0.2) is 53.4 Å². The minimum absolute atomic E-state index is 0.0810. The topological polar surface area (TPSA) is 102 Å². The fraction of sp³-hybridized carbons (Fsp3) is 0.400. The third-order valence-corrected chi connectivity index (χ3v) is 6.51. The molecule has 2 aromatic rings. The quantitative estimate of drug-likeness (QED) is 0.521. The van der Waals surface area contributed by atoms with Crippen LogP contribution >= 0.6 is 0 Å². The second-order valence-electron chi connectivity index (χ2n) is 7.17. The number of nitro groups is 1. The van der Waals surface area contributed by atoms with E-state index in [9.17, 15) is 18.5 Å². The van der Waals surface area contributed by atoms with Crippen molar-refractivity contribution < 1.29 is 18.1 Å². The van der Waals surface area contributed by atoms with Crippen molar-refractivity contribution in [2.24, 2.45) is 5.92 Å². The molecule has 29 heavy (non-hydrogen) atoms. The van der Waals surface area contributed by atoms with Crippen LogP contribution in [0, 0.1) is 16.0 Å². The molecule has 156 valence electrons. The first kappa shape index (κ1) is 21.2. The summed E-state index contributed by atoms with van der Waals surface area (Å²) in [6.45, 7) is 2.89. The maximum Gasteiger partial charge on any atom is 0.271 e. The fourth-order valence-electron chi connectivity index (χ4n) is 3.60. The smallest absolute Gasteiger partial charge is 0.271 e. The monoisotopic (exact) mass is 419 g/mol. The molecule has 0 radical (unpaired) electrons. The highest BCUT2D eigenvalue weighted by molar-refractivity contribution is 7.89. The molecule has 0 aromatic heterocycles. The average molecular weight is 420 g/mol. The maximum atomic E-state index is 12.8. The number of piperidine rings is 1. The van der Waals surface area contributed by atoms with Crippen molar-refractivity contribution >= 4 is 15.7 Å². The Morgan fingerprint density at radius 1 is 1.24 bits per heavy atom. The number of methoxy groups -OCH3 is 1. The van der Waals surface area contributed by atoms with E-state index in [1.165, 1.54) is 24.8 Å². The van der Waals surface area contributed by atoms with E-state index >= 15 is 0 Å². The van der Waals surface area contributed by atoms with Crippen molar-refractivity contribution in [1.82, 2.24) is 9.62 Å². The van der Waals surface area contributed by atoms with Gasteiger partial charge in [-0.15, -0.1) is 0 Å². The number of likely N-dealkylation sites (tertiary alicyclic amines) is 1. The number of ether oxygens (including phenoxy) is 1. The predicted octanol–water partition coefficient (Wildman–Crippen LogP) is 2.79. The van der Waals surface area contributed by atoms with Crippen molar-refractivity contribution in [1.29, 1.82) is 0 Å². The van der Waals surface area contributed by atoms with Crippen LogP contribution in [-0.4, -0.2) is 45.0 Å². The highest BCUT2D eigenvalue weighted by atomic mass is 32.2. The lowest BCUT2D eigenvalue weighted by atomic mass is 9.98. The number of nitrogens with one attached hydrogen (secondary N) is 1. The lowest BCUT2D eigenvalue weighted by molar-refractivity contribution is -0.385. The van der Waals surface area contributed by atoms with Gasteiger partial charge in [-0.05, 0) is 36.9 Å². The van der Waals surface area contributed by atoms with E-state index in [-0.39, 0.29) is 28.8 Å². The van der Waals surface area contributed by atoms with E-state index < -0.39 is 14.9 Å². The fourth-order valence-corrected chi connectivity index (χ4v) is 4.90. The van der Waals surface area contributed by atoms with E-state index in [0.29, 0.717) is 0 Å². The zero-order chi connectivity index (χ0) is 20.9. The Morgan fingerprint density at radius 3 is 2.69 bits per heavy atom. The first-order chi connectivity index (χ1) is 13.9. The SMILES string of the molecule is COc1ccc([N+](=O)[O-])cc1S(=O)(=O)NCC1CCCN(Cc2ccccc2)C1. The third-order valence-electron chi connectivity index (χ3n) is 5.06. The number of hydrogen-bond donors (Lipinski definition) is 1. The number of nitro benzene ring substituents is 1. The van der Waals surface area contributed by atoms with Crippen LogP contribution in [0.1, 0.15) is 18.4 Å². The Balaban J connectivity index is 1.65. The van der Waals surface area contributed by atoms with Gasteiger partial charge in [0.15, 0.2) is 0 Å². The van der Waals surface area contributed by atoms with Crippen molar-refractivity contribution in [3.05, 3.63) is 64.2 Å². The van der Waals surface area contributed by atoms with Gasteiger partial charge in [-0.3, -0.25) is 15.0 Å². The lowest BCUT2D eigenvalue weighted by Crippen LogP contribution is -2.40. The summed E-state index contributed by atoms with van der Waals surface area (Å²) in [7, 11) is -2.60. The summed E-state index contributed by atoms with van der Waals surface area (Å²) in [4.78, 5) is 12.5. The molecule has 1 fully saturated rings. The van der Waals surface area contributed by atoms with E-state index in [0.717, 1.165) is 38.5 Å². The van der Waals surface area contributed by atoms with Gasteiger partial charge in [0.05, 0.1) is 12.0 Å². The van der Waals surface area contributed by atoms with Gasteiger partial charge in [-0.2, -0.15) is 0 Å². The first-order valence-electron chi connectivity index (χ1n) is 9.47. The minimum Gasteiger partial charge on any atom is -0.495 e. The maximum absolute atomic E-state index is 12.8. The Bertz CT molecular complexity index is 950. The number of nitrogens with zero attached hydrogens (tertiary/aromatic N) is 2. The van der Waals surface area contributed by atoms with Crippen molar-refractivity contribution in [3.63, 3.8) is 0 Å². The molecule has 1 atom stereocenters. The zero-order valence-electron chi connectivity index (χ0n) is 16.3. The molecular weight excluding hydrogens is 394 g/mol. The van der Waals surface area contributed by atoms with Gasteiger partial charge in [0.2, 0.25) is 10.0 Å². The first-order valence-corrected chi connectivity index (χ1v) is 11.0. The molecule has 9 heteroatoms. The molecule has 1 saturated heterocycles. The molecule has 1 unspecified atom stereocenters. The minimum atomic E-state index is -3.93. The van der Waals surface area contributed by atoms with Crippen molar-refractivity contribution in [3.8, 4) is 5.75 Å². The molecule has 0 amide bonds. The molecule has 8 nitrogen and oxygen atoms in total. The van der Waals surface area contributed by atoms with Crippen LogP contribution in [0.3, 0.4) is 0 Å². The molecule has 0 aliphatic carbocycles. The average Bonchev–Trinajstić information content (AvgIpc) is 2.73. The van der Waals surface area contributed by atoms with E-state index in [2.05, 4.69) is 21.8 Å². The molecule has 1 heterocycles. The van der Waals surface area contributed by atoms with Crippen LogP contribution in [0.2, 0.25) is 0 Å². The number of non-ortho nitro benzene ring substituents is 1. The van der Waals surface area contributed by atoms with Gasteiger partial charge in [0.25, 0.3) is 5.69 Å². The van der Waals surface area contributed by atoms with Gasteiger partial charge < -0.3 is 4.74 Å². The summed E-state index contributed by atoms with van der Waals surface area (Å²) in [5, 5.41) is 11.0. The van der Waals surface area contributed by atoms with E-state index in [1.807, 2.05) is 18.2 Å². The van der Waals surface area contributed by atoms with E-state index in [1.54, 1.807) is 0 Å². The molecule has 3 rings (SSSR count). The summed E-state index contributed by atoms with van der Waals surface area (Å²) in [6, 6.07) is 13.7. The Hall–Kier alpha value is -2.49. The summed E-state index contributed by atoms with van der Waals surface area (Å²) < 4.78 is 33.3. The Labute approximate surface area is 170 Å². The van der Waals surface area contributed by atoms with Crippen LogP contribution in [0.5, 0.6) is 5.75 Å². The van der Waals surface area contributed by atoms with Gasteiger partial charge in [-0.1, -0.05) is 30.3 Å². The molecular formula is C20H25N3O5S. The molecule has 2 aromatic carbocycles. The summed E-state index contributed by atoms with van der Waals surface area (Å²) in [5.41, 5.74) is 0.938. The Kier molecular flexibility index (Phi) is 6.83. The van der Waals surface area contributed by atoms with Gasteiger partial charge in [0, 0.05) is 31.8 Å².